The highest BCUT2D eigenvalue weighted by molar-refractivity contribution is 7.83. The molecule has 6 heteroatoms. The minimum Gasteiger partial charge on any atom is -0.480 e. The van der Waals surface area contributed by atoms with Gasteiger partial charge in [-0.25, -0.2) is 0 Å². The number of rotatable bonds is 7. The molecule has 0 bridgehead atoms. The lowest BCUT2D eigenvalue weighted by atomic mass is 10.1. The number of aliphatic carboxylic acids is 1. The molecule has 0 aromatic heterocycles. The smallest absolute Gasteiger partial charge is 0.323 e. The summed E-state index contributed by atoms with van der Waals surface area (Å²) >= 11 is 0. The summed E-state index contributed by atoms with van der Waals surface area (Å²) in [6.45, 7) is 1.98. The van der Waals surface area contributed by atoms with Crippen molar-refractivity contribution in [1.29, 1.82) is 0 Å². The monoisotopic (exact) mass is 297 g/mol. The van der Waals surface area contributed by atoms with Crippen LogP contribution in [0.1, 0.15) is 29.3 Å². The fourth-order valence-electron chi connectivity index (χ4n) is 1.90. The number of carbonyl (C=O) groups is 2. The topological polar surface area (TPSA) is 74.7 Å². The molecule has 0 heterocycles. The van der Waals surface area contributed by atoms with Crippen LogP contribution in [0.25, 0.3) is 0 Å². The van der Waals surface area contributed by atoms with Crippen LogP contribution >= 0.6 is 0 Å². The van der Waals surface area contributed by atoms with E-state index in [2.05, 4.69) is 0 Å². The second-order valence-electron chi connectivity index (χ2n) is 4.54. The second-order valence-corrected chi connectivity index (χ2v) is 5.97. The van der Waals surface area contributed by atoms with Crippen molar-refractivity contribution < 1.29 is 18.9 Å². The van der Waals surface area contributed by atoms with E-state index in [1.165, 1.54) is 4.90 Å². The summed E-state index contributed by atoms with van der Waals surface area (Å²) in [6, 6.07) is 6.85. The van der Waals surface area contributed by atoms with Gasteiger partial charge in [0, 0.05) is 34.9 Å². The molecule has 0 radical (unpaired) electrons. The van der Waals surface area contributed by atoms with E-state index in [1.807, 2.05) is 6.92 Å². The third-order valence-electron chi connectivity index (χ3n) is 2.65. The molecule has 1 atom stereocenters. The predicted octanol–water partition coefficient (Wildman–Crippen LogP) is 1.50. The third kappa shape index (κ3) is 5.13. The van der Waals surface area contributed by atoms with Crippen LogP contribution in [0.15, 0.2) is 24.3 Å². The molecular formula is C14H19NO4S. The summed E-state index contributed by atoms with van der Waals surface area (Å²) in [4.78, 5) is 24.4. The van der Waals surface area contributed by atoms with Crippen LogP contribution in [0, 0.1) is 0 Å². The number of benzene rings is 1. The van der Waals surface area contributed by atoms with Crippen molar-refractivity contribution in [2.75, 3.05) is 19.3 Å². The van der Waals surface area contributed by atoms with E-state index < -0.39 is 16.8 Å². The van der Waals surface area contributed by atoms with Crippen molar-refractivity contribution in [3.63, 3.8) is 0 Å². The zero-order valence-electron chi connectivity index (χ0n) is 11.7. The molecule has 5 nitrogen and oxygen atoms in total. The third-order valence-corrected chi connectivity index (χ3v) is 3.39. The van der Waals surface area contributed by atoms with E-state index in [1.54, 1.807) is 30.5 Å². The lowest BCUT2D eigenvalue weighted by Gasteiger charge is -2.20. The lowest BCUT2D eigenvalue weighted by molar-refractivity contribution is -0.137. The molecule has 1 amide bonds. The molecule has 110 valence electrons. The summed E-state index contributed by atoms with van der Waals surface area (Å²) in [5.74, 6) is -0.955. The molecule has 0 saturated heterocycles. The molecule has 0 fully saturated rings. The molecule has 1 aromatic carbocycles. The van der Waals surface area contributed by atoms with Crippen molar-refractivity contribution in [2.45, 2.75) is 19.1 Å². The van der Waals surface area contributed by atoms with Crippen LogP contribution in [0.4, 0.5) is 0 Å². The molecule has 0 saturated carbocycles. The Kier molecular flexibility index (Phi) is 6.38. The number of hydrogen-bond donors (Lipinski definition) is 1. The quantitative estimate of drug-likeness (QED) is 0.827. The minimum atomic E-state index is -1.03. The highest BCUT2D eigenvalue weighted by Gasteiger charge is 2.17. The average Bonchev–Trinajstić information content (AvgIpc) is 2.36. The number of carboxylic acid groups (broad SMARTS) is 1. The van der Waals surface area contributed by atoms with Gasteiger partial charge in [0.1, 0.15) is 6.54 Å². The Labute approximate surface area is 121 Å². The van der Waals surface area contributed by atoms with Crippen LogP contribution < -0.4 is 0 Å². The Morgan fingerprint density at radius 3 is 2.60 bits per heavy atom. The minimum absolute atomic E-state index is 0.307. The van der Waals surface area contributed by atoms with Crippen molar-refractivity contribution in [2.24, 2.45) is 0 Å². The van der Waals surface area contributed by atoms with Crippen LogP contribution in [-0.4, -0.2) is 45.4 Å². The first-order valence-corrected chi connectivity index (χ1v) is 8.06. The van der Waals surface area contributed by atoms with Crippen LogP contribution in [0.3, 0.4) is 0 Å². The molecule has 1 aromatic rings. The number of amides is 1. The van der Waals surface area contributed by atoms with E-state index in [0.29, 0.717) is 24.3 Å². The molecule has 0 aliphatic carbocycles. The molecule has 0 aliphatic heterocycles. The number of carbonyl (C=O) groups excluding carboxylic acids is 1. The molecular weight excluding hydrogens is 278 g/mol. The van der Waals surface area contributed by atoms with Gasteiger partial charge in [0.15, 0.2) is 0 Å². The van der Waals surface area contributed by atoms with Gasteiger partial charge in [-0.05, 0) is 24.1 Å². The van der Waals surface area contributed by atoms with Gasteiger partial charge in [0.25, 0.3) is 5.91 Å². The van der Waals surface area contributed by atoms with Gasteiger partial charge in [0.05, 0.1) is 0 Å². The summed E-state index contributed by atoms with van der Waals surface area (Å²) in [5.41, 5.74) is 1.24. The molecule has 1 N–H and O–H groups in total. The SMILES string of the molecule is CCCN(CC(=O)O)C(=O)c1cccc(CS(C)=O)c1. The Morgan fingerprint density at radius 2 is 2.05 bits per heavy atom. The first-order valence-electron chi connectivity index (χ1n) is 6.34. The second kappa shape index (κ2) is 7.79. The van der Waals surface area contributed by atoms with E-state index in [-0.39, 0.29) is 12.5 Å². The summed E-state index contributed by atoms with van der Waals surface area (Å²) in [6.07, 6.45) is 2.29. The maximum atomic E-state index is 12.3. The zero-order valence-corrected chi connectivity index (χ0v) is 12.5. The Balaban J connectivity index is 2.93. The summed E-state index contributed by atoms with van der Waals surface area (Å²) < 4.78 is 11.2. The van der Waals surface area contributed by atoms with Gasteiger partial charge in [-0.2, -0.15) is 0 Å². The maximum Gasteiger partial charge on any atom is 0.323 e. The van der Waals surface area contributed by atoms with Gasteiger partial charge in [0.2, 0.25) is 0 Å². The van der Waals surface area contributed by atoms with Gasteiger partial charge in [-0.1, -0.05) is 19.1 Å². The number of hydrogen-bond acceptors (Lipinski definition) is 3. The number of nitrogens with zero attached hydrogens (tertiary/aromatic N) is 1. The van der Waals surface area contributed by atoms with Crippen molar-refractivity contribution in [1.82, 2.24) is 4.90 Å². The summed E-state index contributed by atoms with van der Waals surface area (Å²) in [5, 5.41) is 8.85. The normalized spacial score (nSPS) is 11.9. The van der Waals surface area contributed by atoms with Crippen molar-refractivity contribution >= 4 is 22.7 Å². The van der Waals surface area contributed by atoms with Crippen LogP contribution in [0.2, 0.25) is 0 Å². The van der Waals surface area contributed by atoms with Crippen molar-refractivity contribution in [3.05, 3.63) is 35.4 Å². The van der Waals surface area contributed by atoms with E-state index in [9.17, 15) is 13.8 Å². The Morgan fingerprint density at radius 1 is 1.35 bits per heavy atom. The maximum absolute atomic E-state index is 12.3. The van der Waals surface area contributed by atoms with E-state index >= 15 is 0 Å². The van der Waals surface area contributed by atoms with Crippen LogP contribution in [0.5, 0.6) is 0 Å². The highest BCUT2D eigenvalue weighted by atomic mass is 32.2. The molecule has 1 unspecified atom stereocenters. The van der Waals surface area contributed by atoms with Gasteiger partial charge < -0.3 is 10.0 Å². The highest BCUT2D eigenvalue weighted by Crippen LogP contribution is 2.10. The van der Waals surface area contributed by atoms with Gasteiger partial charge >= 0.3 is 5.97 Å². The van der Waals surface area contributed by atoms with Crippen LogP contribution in [-0.2, 0) is 21.3 Å². The molecule has 20 heavy (non-hydrogen) atoms. The fraction of sp³-hybridized carbons (Fsp3) is 0.429. The number of carboxylic acids is 1. The molecule has 1 rings (SSSR count). The Bertz CT molecular complexity index is 516. The van der Waals surface area contributed by atoms with Gasteiger partial charge in [-0.3, -0.25) is 13.8 Å². The predicted molar refractivity (Wildman–Crippen MR) is 78.0 cm³/mol. The molecule has 0 aliphatic rings. The summed E-state index contributed by atoms with van der Waals surface area (Å²) in [7, 11) is -0.980. The largest absolute Gasteiger partial charge is 0.480 e. The Hall–Kier alpha value is -1.69. The first-order chi connectivity index (χ1) is 9.43. The lowest BCUT2D eigenvalue weighted by Crippen LogP contribution is -2.36. The fourth-order valence-corrected chi connectivity index (χ4v) is 2.55. The average molecular weight is 297 g/mol. The van der Waals surface area contributed by atoms with Crippen molar-refractivity contribution in [3.8, 4) is 0 Å². The van der Waals surface area contributed by atoms with E-state index in [0.717, 1.165) is 5.56 Å². The van der Waals surface area contributed by atoms with E-state index in [4.69, 9.17) is 5.11 Å². The van der Waals surface area contributed by atoms with Gasteiger partial charge in [-0.15, -0.1) is 0 Å². The zero-order chi connectivity index (χ0) is 15.1. The molecule has 0 spiro atoms. The standard InChI is InChI=1S/C14H19NO4S/c1-3-7-15(9-13(16)17)14(18)12-6-4-5-11(8-12)10-20(2)19/h4-6,8H,3,7,9-10H2,1-2H3,(H,16,17). The first kappa shape index (κ1) is 16.4.